The Morgan fingerprint density at radius 2 is 2.12 bits per heavy atom. The van der Waals surface area contributed by atoms with Gasteiger partial charge in [0.1, 0.15) is 10.2 Å². The molecule has 0 aromatic carbocycles. The van der Waals surface area contributed by atoms with Crippen LogP contribution in [-0.2, 0) is 4.79 Å². The summed E-state index contributed by atoms with van der Waals surface area (Å²) in [6, 6.07) is 5.54. The second-order valence-corrected chi connectivity index (χ2v) is 8.57. The summed E-state index contributed by atoms with van der Waals surface area (Å²) in [5.74, 6) is 1.32. The lowest BCUT2D eigenvalue weighted by Gasteiger charge is -2.34. The van der Waals surface area contributed by atoms with Crippen molar-refractivity contribution in [3.63, 3.8) is 0 Å². The number of amides is 1. The fourth-order valence-electron chi connectivity index (χ4n) is 3.06. The van der Waals surface area contributed by atoms with Gasteiger partial charge in [-0.05, 0) is 30.9 Å². The molecule has 2 aromatic rings. The number of piperidine rings is 1. The van der Waals surface area contributed by atoms with Crippen molar-refractivity contribution >= 4 is 39.8 Å². The van der Waals surface area contributed by atoms with E-state index in [0.29, 0.717) is 10.3 Å². The van der Waals surface area contributed by atoms with E-state index in [1.165, 1.54) is 11.3 Å². The fourth-order valence-corrected chi connectivity index (χ4v) is 3.88. The smallest absolute Gasteiger partial charge is 0.239 e. The number of carbonyl (C=O) groups excluding carboxylic acids is 1. The van der Waals surface area contributed by atoms with E-state index in [-0.39, 0.29) is 11.8 Å². The van der Waals surface area contributed by atoms with Gasteiger partial charge in [-0.15, -0.1) is 0 Å². The van der Waals surface area contributed by atoms with Gasteiger partial charge in [0.05, 0.1) is 12.2 Å². The fraction of sp³-hybridized carbons (Fsp3) is 0.500. The van der Waals surface area contributed by atoms with Gasteiger partial charge in [-0.1, -0.05) is 42.9 Å². The summed E-state index contributed by atoms with van der Waals surface area (Å²) < 4.78 is 0.639. The highest BCUT2D eigenvalue weighted by Crippen LogP contribution is 2.29. The largest absolute Gasteiger partial charge is 0.341 e. The average molecular weight is 394 g/mol. The van der Waals surface area contributed by atoms with Crippen LogP contribution < -0.4 is 11.1 Å². The molecule has 6 nitrogen and oxygen atoms in total. The predicted octanol–water partition coefficient (Wildman–Crippen LogP) is 3.62. The van der Waals surface area contributed by atoms with Gasteiger partial charge in [-0.25, -0.2) is 9.97 Å². The number of thiazole rings is 1. The second-order valence-electron chi connectivity index (χ2n) is 6.91. The Morgan fingerprint density at radius 3 is 2.73 bits per heavy atom. The zero-order chi connectivity index (χ0) is 18.7. The van der Waals surface area contributed by atoms with Crippen molar-refractivity contribution in [2.45, 2.75) is 38.6 Å². The number of rotatable bonds is 5. The summed E-state index contributed by atoms with van der Waals surface area (Å²) in [6.07, 6.45) is 3.42. The molecule has 26 heavy (non-hydrogen) atoms. The van der Waals surface area contributed by atoms with Crippen molar-refractivity contribution in [3.8, 4) is 0 Å². The Hall–Kier alpha value is -1.70. The Kier molecular flexibility index (Phi) is 6.11. The second kappa shape index (κ2) is 8.33. The molecule has 3 heterocycles. The molecule has 8 heteroatoms. The summed E-state index contributed by atoms with van der Waals surface area (Å²) in [5, 5.41) is 3.91. The van der Waals surface area contributed by atoms with E-state index in [1.54, 1.807) is 6.20 Å². The first-order chi connectivity index (χ1) is 12.4. The average Bonchev–Trinajstić information content (AvgIpc) is 3.05. The molecule has 1 aliphatic rings. The molecule has 1 saturated heterocycles. The number of carbonyl (C=O) groups is 1. The zero-order valence-corrected chi connectivity index (χ0v) is 16.6. The third-order valence-electron chi connectivity index (χ3n) is 4.71. The van der Waals surface area contributed by atoms with E-state index in [0.717, 1.165) is 42.6 Å². The van der Waals surface area contributed by atoms with Crippen LogP contribution in [0.25, 0.3) is 0 Å². The molecule has 1 atom stereocenters. The number of anilines is 2. The highest BCUT2D eigenvalue weighted by molar-refractivity contribution is 7.19. The molecule has 2 aromatic heterocycles. The number of hydrogen-bond acceptors (Lipinski definition) is 6. The molecule has 3 N–H and O–H groups in total. The number of pyridine rings is 1. The number of nitrogens with one attached hydrogen (secondary N) is 1. The number of nitrogens with two attached hydrogens (primary N) is 1. The molecule has 0 aliphatic carbocycles. The maximum Gasteiger partial charge on any atom is 0.239 e. The Balaban J connectivity index is 1.61. The summed E-state index contributed by atoms with van der Waals surface area (Å²) in [4.78, 5) is 23.2. The number of aromatic nitrogens is 2. The Morgan fingerprint density at radius 1 is 1.38 bits per heavy atom. The molecule has 1 amide bonds. The molecule has 1 fully saturated rings. The SMILES string of the molecule is CC(C)[C@H](N)C(=O)N1CCC(c2cccc(Nc3ncc(Cl)s3)n2)CC1. The standard InChI is InChI=1S/C18H24ClN5OS/c1-11(2)16(20)17(25)24-8-6-12(7-9-24)13-4-3-5-15(22-13)23-18-21-10-14(19)26-18/h3-5,10-12,16H,6-9,20H2,1-2H3,(H,21,22,23)/t16-/m0/s1. The maximum atomic E-state index is 12.4. The van der Waals surface area contributed by atoms with Crippen LogP contribution in [0, 0.1) is 5.92 Å². The molecular formula is C18H24ClN5OS. The lowest BCUT2D eigenvalue weighted by Crippen LogP contribution is -2.49. The first kappa shape index (κ1) is 19.1. The number of likely N-dealkylation sites (tertiary alicyclic amines) is 1. The third-order valence-corrected chi connectivity index (χ3v) is 5.74. The van der Waals surface area contributed by atoms with Gasteiger partial charge < -0.3 is 16.0 Å². The molecule has 0 spiro atoms. The predicted molar refractivity (Wildman–Crippen MR) is 106 cm³/mol. The quantitative estimate of drug-likeness (QED) is 0.810. The molecule has 140 valence electrons. The molecular weight excluding hydrogens is 370 g/mol. The van der Waals surface area contributed by atoms with Gasteiger partial charge in [-0.3, -0.25) is 4.79 Å². The highest BCUT2D eigenvalue weighted by atomic mass is 35.5. The first-order valence-electron chi connectivity index (χ1n) is 8.83. The lowest BCUT2D eigenvalue weighted by molar-refractivity contribution is -0.134. The van der Waals surface area contributed by atoms with Gasteiger partial charge in [0, 0.05) is 24.7 Å². The third kappa shape index (κ3) is 4.52. The van der Waals surface area contributed by atoms with Gasteiger partial charge in [0.15, 0.2) is 5.13 Å². The first-order valence-corrected chi connectivity index (χ1v) is 10.0. The topological polar surface area (TPSA) is 84.1 Å². The number of nitrogens with zero attached hydrogens (tertiary/aromatic N) is 3. The molecule has 0 bridgehead atoms. The van der Waals surface area contributed by atoms with Crippen molar-refractivity contribution in [2.75, 3.05) is 18.4 Å². The number of hydrogen-bond donors (Lipinski definition) is 2. The van der Waals surface area contributed by atoms with Crippen molar-refractivity contribution in [2.24, 2.45) is 11.7 Å². The van der Waals surface area contributed by atoms with Crippen LogP contribution >= 0.6 is 22.9 Å². The van der Waals surface area contributed by atoms with Crippen molar-refractivity contribution in [3.05, 3.63) is 34.4 Å². The Bertz CT molecular complexity index is 758. The van der Waals surface area contributed by atoms with Crippen LogP contribution in [0.1, 0.15) is 38.3 Å². The summed E-state index contributed by atoms with van der Waals surface area (Å²) in [7, 11) is 0. The molecule has 0 saturated carbocycles. The van der Waals surface area contributed by atoms with Gasteiger partial charge in [0.25, 0.3) is 0 Å². The van der Waals surface area contributed by atoms with Crippen molar-refractivity contribution < 1.29 is 4.79 Å². The van der Waals surface area contributed by atoms with E-state index >= 15 is 0 Å². The molecule has 1 aliphatic heterocycles. The van der Waals surface area contributed by atoms with E-state index < -0.39 is 6.04 Å². The van der Waals surface area contributed by atoms with Crippen LogP contribution in [0.15, 0.2) is 24.4 Å². The normalized spacial score (nSPS) is 16.7. The van der Waals surface area contributed by atoms with Crippen LogP contribution in [0.5, 0.6) is 0 Å². The van der Waals surface area contributed by atoms with Crippen molar-refractivity contribution in [1.82, 2.24) is 14.9 Å². The minimum absolute atomic E-state index is 0.0578. The maximum absolute atomic E-state index is 12.4. The summed E-state index contributed by atoms with van der Waals surface area (Å²) >= 11 is 7.29. The minimum Gasteiger partial charge on any atom is -0.341 e. The molecule has 3 rings (SSSR count). The van der Waals surface area contributed by atoms with Crippen LogP contribution in [0.3, 0.4) is 0 Å². The summed E-state index contributed by atoms with van der Waals surface area (Å²) in [6.45, 7) is 5.41. The van der Waals surface area contributed by atoms with E-state index in [1.807, 2.05) is 36.9 Å². The zero-order valence-electron chi connectivity index (χ0n) is 15.0. The van der Waals surface area contributed by atoms with Crippen LogP contribution in [0.2, 0.25) is 4.34 Å². The molecule has 0 unspecified atom stereocenters. The van der Waals surface area contributed by atoms with Gasteiger partial charge in [-0.2, -0.15) is 0 Å². The van der Waals surface area contributed by atoms with Crippen LogP contribution in [-0.4, -0.2) is 39.9 Å². The van der Waals surface area contributed by atoms with Gasteiger partial charge >= 0.3 is 0 Å². The number of halogens is 1. The van der Waals surface area contributed by atoms with E-state index in [2.05, 4.69) is 10.3 Å². The summed E-state index contributed by atoms with van der Waals surface area (Å²) in [5.41, 5.74) is 7.05. The van der Waals surface area contributed by atoms with Crippen LogP contribution in [0.4, 0.5) is 10.9 Å². The highest BCUT2D eigenvalue weighted by Gasteiger charge is 2.28. The monoisotopic (exact) mass is 393 g/mol. The lowest BCUT2D eigenvalue weighted by atomic mass is 9.92. The van der Waals surface area contributed by atoms with Crippen molar-refractivity contribution in [1.29, 1.82) is 0 Å². The van der Waals surface area contributed by atoms with E-state index in [4.69, 9.17) is 22.3 Å². The minimum atomic E-state index is -0.415. The van der Waals surface area contributed by atoms with Gasteiger partial charge in [0.2, 0.25) is 5.91 Å². The molecule has 0 radical (unpaired) electrons. The van der Waals surface area contributed by atoms with E-state index in [9.17, 15) is 4.79 Å². The Labute approximate surface area is 162 Å².